The van der Waals surface area contributed by atoms with E-state index in [1.54, 1.807) is 18.2 Å². The smallest absolute Gasteiger partial charge is 0.101 e. The maximum Gasteiger partial charge on any atom is 0.101 e. The van der Waals surface area contributed by atoms with Crippen molar-refractivity contribution in [1.82, 2.24) is 5.32 Å². The van der Waals surface area contributed by atoms with E-state index in [0.717, 1.165) is 0 Å². The Kier molecular flexibility index (Phi) is 4.53. The monoisotopic (exact) mass is 252 g/mol. The Bertz CT molecular complexity index is 432. The lowest BCUT2D eigenvalue weighted by Crippen LogP contribution is -2.38. The minimum atomic E-state index is -0.713. The van der Waals surface area contributed by atoms with Crippen molar-refractivity contribution in [2.45, 2.75) is 32.4 Å². The fourth-order valence-corrected chi connectivity index (χ4v) is 1.70. The molecule has 0 fully saturated rings. The van der Waals surface area contributed by atoms with Gasteiger partial charge in [0, 0.05) is 17.6 Å². The summed E-state index contributed by atoms with van der Waals surface area (Å²) in [6.07, 6.45) is -0.713. The molecule has 1 atom stereocenters. The van der Waals surface area contributed by atoms with Gasteiger partial charge >= 0.3 is 0 Å². The summed E-state index contributed by atoms with van der Waals surface area (Å²) in [5, 5.41) is 22.4. The minimum absolute atomic E-state index is 0.0692. The summed E-state index contributed by atoms with van der Waals surface area (Å²) in [7, 11) is 0. The first-order valence-corrected chi connectivity index (χ1v) is 5.84. The van der Waals surface area contributed by atoms with Crippen molar-refractivity contribution < 1.29 is 5.11 Å². The molecule has 17 heavy (non-hydrogen) atoms. The number of hydrogen-bond acceptors (Lipinski definition) is 3. The SMILES string of the molecule is CC(C)(C)NCC(O)c1cccc(C#N)c1Cl. The number of nitriles is 1. The van der Waals surface area contributed by atoms with Crippen LogP contribution in [0.25, 0.3) is 0 Å². The molecule has 0 bridgehead atoms. The van der Waals surface area contributed by atoms with Gasteiger partial charge in [0.2, 0.25) is 0 Å². The van der Waals surface area contributed by atoms with Crippen molar-refractivity contribution in [3.05, 3.63) is 34.3 Å². The molecule has 0 aromatic heterocycles. The first-order chi connectivity index (χ1) is 7.85. The molecule has 1 rings (SSSR count). The number of benzene rings is 1. The van der Waals surface area contributed by atoms with E-state index in [1.165, 1.54) is 0 Å². The first kappa shape index (κ1) is 14.0. The highest BCUT2D eigenvalue weighted by molar-refractivity contribution is 6.32. The van der Waals surface area contributed by atoms with Crippen LogP contribution in [0.15, 0.2) is 18.2 Å². The van der Waals surface area contributed by atoms with Crippen molar-refractivity contribution in [3.63, 3.8) is 0 Å². The van der Waals surface area contributed by atoms with Gasteiger partial charge in [-0.05, 0) is 26.8 Å². The maximum atomic E-state index is 10.0. The Morgan fingerprint density at radius 2 is 2.12 bits per heavy atom. The summed E-state index contributed by atoms with van der Waals surface area (Å²) in [6.45, 7) is 6.46. The molecule has 1 aromatic carbocycles. The third kappa shape index (κ3) is 4.01. The molecule has 4 heteroatoms. The Balaban J connectivity index is 2.83. The molecule has 0 amide bonds. The van der Waals surface area contributed by atoms with Crippen LogP contribution in [0.4, 0.5) is 0 Å². The summed E-state index contributed by atoms with van der Waals surface area (Å²) in [6, 6.07) is 7.09. The van der Waals surface area contributed by atoms with Gasteiger partial charge in [0.25, 0.3) is 0 Å². The van der Waals surface area contributed by atoms with E-state index >= 15 is 0 Å². The second-order valence-electron chi connectivity index (χ2n) is 4.97. The van der Waals surface area contributed by atoms with Crippen molar-refractivity contribution in [1.29, 1.82) is 5.26 Å². The van der Waals surface area contributed by atoms with Crippen LogP contribution >= 0.6 is 11.6 Å². The number of hydrogen-bond donors (Lipinski definition) is 2. The van der Waals surface area contributed by atoms with Gasteiger partial charge < -0.3 is 10.4 Å². The topological polar surface area (TPSA) is 56.0 Å². The van der Waals surface area contributed by atoms with E-state index < -0.39 is 6.10 Å². The van der Waals surface area contributed by atoms with Gasteiger partial charge in [-0.15, -0.1) is 0 Å². The summed E-state index contributed by atoms with van der Waals surface area (Å²) in [5.74, 6) is 0. The second-order valence-corrected chi connectivity index (χ2v) is 5.35. The predicted molar refractivity (Wildman–Crippen MR) is 68.9 cm³/mol. The van der Waals surface area contributed by atoms with Crippen LogP contribution in [0.1, 0.15) is 38.0 Å². The normalized spacial score (nSPS) is 13.2. The van der Waals surface area contributed by atoms with E-state index in [-0.39, 0.29) is 5.54 Å². The number of aliphatic hydroxyl groups excluding tert-OH is 1. The lowest BCUT2D eigenvalue weighted by Gasteiger charge is -2.23. The summed E-state index contributed by atoms with van der Waals surface area (Å²) in [5.41, 5.74) is 0.904. The van der Waals surface area contributed by atoms with Crippen LogP contribution in [-0.4, -0.2) is 17.2 Å². The molecule has 1 aromatic rings. The highest BCUT2D eigenvalue weighted by atomic mass is 35.5. The maximum absolute atomic E-state index is 10.0. The van der Waals surface area contributed by atoms with E-state index in [1.807, 2.05) is 26.8 Å². The van der Waals surface area contributed by atoms with Crippen molar-refractivity contribution in [2.24, 2.45) is 0 Å². The molecular weight excluding hydrogens is 236 g/mol. The zero-order chi connectivity index (χ0) is 13.1. The molecular formula is C13H17ClN2O. The summed E-state index contributed by atoms with van der Waals surface area (Å²) in [4.78, 5) is 0. The van der Waals surface area contributed by atoms with Crippen LogP contribution < -0.4 is 5.32 Å². The third-order valence-electron chi connectivity index (χ3n) is 2.33. The largest absolute Gasteiger partial charge is 0.387 e. The molecule has 2 N–H and O–H groups in total. The Morgan fingerprint density at radius 3 is 2.65 bits per heavy atom. The number of nitrogens with zero attached hydrogens (tertiary/aromatic N) is 1. The molecule has 0 aliphatic heterocycles. The first-order valence-electron chi connectivity index (χ1n) is 5.47. The quantitative estimate of drug-likeness (QED) is 0.870. The van der Waals surface area contributed by atoms with E-state index in [9.17, 15) is 5.11 Å². The zero-order valence-corrected chi connectivity index (χ0v) is 11.0. The van der Waals surface area contributed by atoms with Gasteiger partial charge in [-0.3, -0.25) is 0 Å². The molecule has 92 valence electrons. The van der Waals surface area contributed by atoms with Crippen LogP contribution in [0.5, 0.6) is 0 Å². The number of nitrogens with one attached hydrogen (secondary N) is 1. The zero-order valence-electron chi connectivity index (χ0n) is 10.3. The molecule has 1 unspecified atom stereocenters. The highest BCUT2D eigenvalue weighted by Gasteiger charge is 2.17. The van der Waals surface area contributed by atoms with Crippen LogP contribution in [0.2, 0.25) is 5.02 Å². The highest BCUT2D eigenvalue weighted by Crippen LogP contribution is 2.26. The van der Waals surface area contributed by atoms with E-state index in [0.29, 0.717) is 22.7 Å². The standard InChI is InChI=1S/C13H17ClN2O/c1-13(2,3)16-8-11(17)10-6-4-5-9(7-15)12(10)14/h4-6,11,16-17H,8H2,1-3H3. The van der Waals surface area contributed by atoms with Crippen LogP contribution in [-0.2, 0) is 0 Å². The lowest BCUT2D eigenvalue weighted by atomic mass is 10.0. The van der Waals surface area contributed by atoms with Gasteiger partial charge in [-0.25, -0.2) is 0 Å². The van der Waals surface area contributed by atoms with Gasteiger partial charge in [0.1, 0.15) is 6.07 Å². The number of halogens is 1. The van der Waals surface area contributed by atoms with Crippen molar-refractivity contribution >= 4 is 11.6 Å². The number of aliphatic hydroxyl groups is 1. The van der Waals surface area contributed by atoms with Gasteiger partial charge in [-0.1, -0.05) is 23.7 Å². The molecule has 0 saturated heterocycles. The minimum Gasteiger partial charge on any atom is -0.387 e. The molecule has 0 heterocycles. The number of β-amino-alcohol motifs (C(OH)–C–C–N with tert-alkyl or cyclic N) is 1. The second kappa shape index (κ2) is 5.50. The average molecular weight is 253 g/mol. The van der Waals surface area contributed by atoms with Gasteiger partial charge in [0.05, 0.1) is 16.7 Å². The fraction of sp³-hybridized carbons (Fsp3) is 0.462. The summed E-state index contributed by atoms with van der Waals surface area (Å²) < 4.78 is 0. The summed E-state index contributed by atoms with van der Waals surface area (Å²) >= 11 is 6.04. The average Bonchev–Trinajstić information content (AvgIpc) is 2.25. The lowest BCUT2D eigenvalue weighted by molar-refractivity contribution is 0.163. The molecule has 0 saturated carbocycles. The number of rotatable bonds is 3. The van der Waals surface area contributed by atoms with E-state index in [2.05, 4.69) is 5.32 Å². The van der Waals surface area contributed by atoms with Crippen molar-refractivity contribution in [2.75, 3.05) is 6.54 Å². The fourth-order valence-electron chi connectivity index (χ4n) is 1.41. The van der Waals surface area contributed by atoms with Gasteiger partial charge in [-0.2, -0.15) is 5.26 Å². The van der Waals surface area contributed by atoms with Gasteiger partial charge in [0.15, 0.2) is 0 Å². The Morgan fingerprint density at radius 1 is 1.47 bits per heavy atom. The molecule has 0 spiro atoms. The Labute approximate surface area is 107 Å². The third-order valence-corrected chi connectivity index (χ3v) is 2.76. The van der Waals surface area contributed by atoms with Crippen molar-refractivity contribution in [3.8, 4) is 6.07 Å². The van der Waals surface area contributed by atoms with E-state index in [4.69, 9.17) is 16.9 Å². The molecule has 0 aliphatic rings. The molecule has 0 aliphatic carbocycles. The molecule has 3 nitrogen and oxygen atoms in total. The predicted octanol–water partition coefficient (Wildman–Crippen LogP) is 2.63. The molecule has 0 radical (unpaired) electrons. The van der Waals surface area contributed by atoms with Crippen LogP contribution in [0.3, 0.4) is 0 Å². The Hall–Kier alpha value is -1.08. The van der Waals surface area contributed by atoms with Crippen LogP contribution in [0, 0.1) is 11.3 Å².